The molecule has 67 heavy (non-hydrogen) atoms. The number of fused-ring (bicyclic) bond motifs is 1. The second kappa shape index (κ2) is 18.7. The Bertz CT molecular complexity index is 3020. The number of anilines is 1. The van der Waals surface area contributed by atoms with Crippen molar-refractivity contribution in [2.45, 2.75) is 69.3 Å². The molecule has 4 aliphatic heterocycles. The van der Waals surface area contributed by atoms with Gasteiger partial charge in [-0.2, -0.15) is 26.4 Å². The van der Waals surface area contributed by atoms with E-state index >= 15 is 4.39 Å². The normalized spacial score (nSPS) is 19.2. The minimum absolute atomic E-state index is 0.00645. The number of halogens is 2. The van der Waals surface area contributed by atoms with Crippen LogP contribution in [0.4, 0.5) is 14.0 Å². The van der Waals surface area contributed by atoms with Crippen molar-refractivity contribution < 1.29 is 53.2 Å². The topological polar surface area (TPSA) is 240 Å². The molecule has 8 rings (SSSR count). The summed E-state index contributed by atoms with van der Waals surface area (Å²) < 4.78 is 98.8. The number of imide groups is 1. The summed E-state index contributed by atoms with van der Waals surface area (Å²) in [4.78, 5) is 59.8. The van der Waals surface area contributed by atoms with E-state index in [-0.39, 0.29) is 60.3 Å². The van der Waals surface area contributed by atoms with Crippen molar-refractivity contribution in [3.8, 4) is 23.3 Å². The number of benzene rings is 3. The van der Waals surface area contributed by atoms with E-state index in [9.17, 15) is 45.2 Å². The molecule has 0 saturated carbocycles. The van der Waals surface area contributed by atoms with Crippen molar-refractivity contribution in [1.29, 1.82) is 5.26 Å². The minimum atomic E-state index is -5.39. The van der Waals surface area contributed by atoms with Gasteiger partial charge in [0.2, 0.25) is 17.7 Å². The minimum Gasteiger partial charge on any atom is -0.493 e. The zero-order valence-electron chi connectivity index (χ0n) is 36.4. The highest BCUT2D eigenvalue weighted by Gasteiger charge is 2.42. The van der Waals surface area contributed by atoms with Crippen molar-refractivity contribution in [2.75, 3.05) is 51.0 Å². The van der Waals surface area contributed by atoms with Crippen molar-refractivity contribution >= 4 is 60.7 Å². The quantitative estimate of drug-likeness (QED) is 0.140. The smallest absolute Gasteiger partial charge is 0.488 e. The zero-order chi connectivity index (χ0) is 47.8. The van der Waals surface area contributed by atoms with Gasteiger partial charge in [0.15, 0.2) is 11.6 Å². The molecule has 23 heteroatoms. The number of carbonyl (C=O) groups excluding carboxylic acids is 3. The Hall–Kier alpha value is -6.48. The van der Waals surface area contributed by atoms with Gasteiger partial charge in [0.25, 0.3) is 5.56 Å². The van der Waals surface area contributed by atoms with Crippen molar-refractivity contribution in [3.05, 3.63) is 94.0 Å². The van der Waals surface area contributed by atoms with E-state index in [4.69, 9.17) is 13.7 Å². The number of nitrogens with zero attached hydrogens (tertiary/aromatic N) is 6. The maximum Gasteiger partial charge on any atom is 0.488 e. The zero-order valence-corrected chi connectivity index (χ0v) is 38.0. The number of likely N-dealkylation sites (tertiary alicyclic amines) is 2. The van der Waals surface area contributed by atoms with Gasteiger partial charge in [-0.25, -0.2) is 9.37 Å². The highest BCUT2D eigenvalue weighted by atomic mass is 32.3. The summed E-state index contributed by atoms with van der Waals surface area (Å²) in [6.07, 6.45) is 5.59. The first kappa shape index (κ1) is 47.0. The first-order chi connectivity index (χ1) is 31.9. The highest BCUT2D eigenvalue weighted by molar-refractivity contribution is 7.90. The maximum atomic E-state index is 15.1. The number of carbonyl (C=O) groups is 3. The standard InChI is InChI=1S/C44H46F2N8O11S2/c1-3-51(2)67(61,62)50-37-10-8-35(45)41(34(37)23-47)64-30-5-9-36-33(21-30)43(58)54(26-48-36)29-22-44(63-25-29)14-18-53(19-15-44)40(56)24-52-16-12-27(13-17-52)31-6-4-28(20-38(31)65-66(46,59)60)32-7-11-39(55)49-42(32)57/h4-6,8-10,20-21,25-27,32,50H,3,7,11-19,22,24H2,1-2H3,(H,49,55,57). The Morgan fingerprint density at radius 1 is 1.04 bits per heavy atom. The molecule has 3 fully saturated rings. The van der Waals surface area contributed by atoms with Gasteiger partial charge in [-0.05, 0) is 85.8 Å². The molecule has 3 amide bonds. The Balaban J connectivity index is 0.873. The summed E-state index contributed by atoms with van der Waals surface area (Å²) in [5.74, 6) is -3.64. The van der Waals surface area contributed by atoms with Crippen LogP contribution in [0.5, 0.6) is 17.2 Å². The third kappa shape index (κ3) is 10.1. The SMILES string of the molecule is CCN(C)S(=O)(=O)Nc1ccc(F)c(Oc2ccc3ncn(C4=COC5(CCN(C(=O)CN6CCC(c7ccc(C8CCC(=O)NC8=O)cc7OS(=O)(=O)F)CC6)CC5)C4)c(=O)c3c2)c1C#N. The molecule has 1 aromatic heterocycles. The van der Waals surface area contributed by atoms with Crippen LogP contribution in [0.1, 0.15) is 80.4 Å². The summed E-state index contributed by atoms with van der Waals surface area (Å²) in [5.41, 5.74) is -0.0242. The Morgan fingerprint density at radius 3 is 2.48 bits per heavy atom. The number of ether oxygens (including phenoxy) is 2. The lowest BCUT2D eigenvalue weighted by Crippen LogP contribution is -2.50. The van der Waals surface area contributed by atoms with Crippen molar-refractivity contribution in [2.24, 2.45) is 0 Å². The summed E-state index contributed by atoms with van der Waals surface area (Å²) in [6, 6.07) is 12.8. The third-order valence-corrected chi connectivity index (χ3v) is 14.7. The van der Waals surface area contributed by atoms with Gasteiger partial charge in [0, 0.05) is 52.4 Å². The largest absolute Gasteiger partial charge is 0.493 e. The molecule has 354 valence electrons. The molecular weight excluding hydrogens is 919 g/mol. The van der Waals surface area contributed by atoms with Crippen LogP contribution in [0.15, 0.2) is 65.9 Å². The Labute approximate surface area is 384 Å². The molecule has 0 radical (unpaired) electrons. The average Bonchev–Trinajstić information content (AvgIpc) is 3.69. The lowest BCUT2D eigenvalue weighted by Gasteiger charge is -2.40. The van der Waals surface area contributed by atoms with Gasteiger partial charge >= 0.3 is 20.7 Å². The van der Waals surface area contributed by atoms with E-state index in [1.54, 1.807) is 30.0 Å². The summed E-state index contributed by atoms with van der Waals surface area (Å²) in [7, 11) is -8.10. The van der Waals surface area contributed by atoms with Gasteiger partial charge in [0.05, 0.1) is 34.8 Å². The molecule has 1 spiro atoms. The lowest BCUT2D eigenvalue weighted by molar-refractivity contribution is -0.137. The van der Waals surface area contributed by atoms with Crippen LogP contribution in [0.25, 0.3) is 16.6 Å². The fraction of sp³-hybridized carbons (Fsp3) is 0.409. The molecule has 4 aliphatic rings. The van der Waals surface area contributed by atoms with Gasteiger partial charge in [-0.15, -0.1) is 0 Å². The number of hydrogen-bond donors (Lipinski definition) is 2. The molecule has 2 N–H and O–H groups in total. The molecule has 19 nitrogen and oxygen atoms in total. The Morgan fingerprint density at radius 2 is 1.79 bits per heavy atom. The molecule has 3 aromatic carbocycles. The second-order valence-electron chi connectivity index (χ2n) is 16.9. The van der Waals surface area contributed by atoms with Gasteiger partial charge in [-0.1, -0.05) is 22.9 Å². The number of aromatic nitrogens is 2. The molecule has 4 aromatic rings. The lowest BCUT2D eigenvalue weighted by atomic mass is 9.85. The van der Waals surface area contributed by atoms with Crippen molar-refractivity contribution in [3.63, 3.8) is 0 Å². The first-order valence-corrected chi connectivity index (χ1v) is 24.3. The van der Waals surface area contributed by atoms with E-state index in [1.165, 1.54) is 48.5 Å². The van der Waals surface area contributed by atoms with Gasteiger partial charge < -0.3 is 18.6 Å². The fourth-order valence-corrected chi connectivity index (χ4v) is 10.2. The van der Waals surface area contributed by atoms with Crippen LogP contribution < -0.4 is 24.5 Å². The number of piperidine rings is 3. The number of hydrogen-bond acceptors (Lipinski definition) is 14. The van der Waals surface area contributed by atoms with Crippen LogP contribution in [-0.4, -0.2) is 110 Å². The molecule has 1 unspecified atom stereocenters. The predicted molar refractivity (Wildman–Crippen MR) is 237 cm³/mol. The van der Waals surface area contributed by atoms with Gasteiger partial charge in [0.1, 0.15) is 41.3 Å². The van der Waals surface area contributed by atoms with E-state index in [2.05, 4.69) is 15.0 Å². The molecule has 1 atom stereocenters. The number of amides is 3. The van der Waals surface area contributed by atoms with E-state index in [0.29, 0.717) is 80.6 Å². The first-order valence-electron chi connectivity index (χ1n) is 21.5. The van der Waals surface area contributed by atoms with E-state index in [1.807, 2.05) is 4.90 Å². The van der Waals surface area contributed by atoms with Crippen LogP contribution in [0.2, 0.25) is 0 Å². The van der Waals surface area contributed by atoms with Crippen LogP contribution >= 0.6 is 0 Å². The number of rotatable bonds is 13. The third-order valence-electron chi connectivity index (χ3n) is 12.8. The monoisotopic (exact) mass is 964 g/mol. The summed E-state index contributed by atoms with van der Waals surface area (Å²) in [6.45, 7) is 3.70. The molecule has 5 heterocycles. The van der Waals surface area contributed by atoms with Crippen LogP contribution in [0.3, 0.4) is 0 Å². The van der Waals surface area contributed by atoms with Gasteiger partial charge in [-0.3, -0.25) is 38.7 Å². The average molecular weight is 965 g/mol. The Kier molecular flexibility index (Phi) is 13.1. The predicted octanol–water partition coefficient (Wildman–Crippen LogP) is 4.38. The summed E-state index contributed by atoms with van der Waals surface area (Å²) >= 11 is 0. The van der Waals surface area contributed by atoms with Crippen LogP contribution in [-0.2, 0) is 39.8 Å². The maximum absolute atomic E-state index is 15.1. The van der Waals surface area contributed by atoms with E-state index in [0.717, 1.165) is 16.4 Å². The molecule has 0 bridgehead atoms. The summed E-state index contributed by atoms with van der Waals surface area (Å²) in [5, 5.41) is 12.3. The van der Waals surface area contributed by atoms with E-state index < -0.39 is 66.7 Å². The second-order valence-corrected chi connectivity index (χ2v) is 19.7. The molecule has 0 aliphatic carbocycles. The fourth-order valence-electron chi connectivity index (χ4n) is 8.92. The van der Waals surface area contributed by atoms with Crippen molar-refractivity contribution in [1.82, 2.24) is 29.0 Å². The molecule has 3 saturated heterocycles. The number of nitrogens with one attached hydrogen (secondary N) is 2. The van der Waals surface area contributed by atoms with Crippen LogP contribution in [0, 0.1) is 17.1 Å². The number of nitriles is 1. The molecular formula is C44H46F2N8O11S2. The highest BCUT2D eigenvalue weighted by Crippen LogP contribution is 2.41.